The summed E-state index contributed by atoms with van der Waals surface area (Å²) in [5.74, 6) is 6.42. The molecule has 4 rings (SSSR count). The van der Waals surface area contributed by atoms with Gasteiger partial charge < -0.3 is 10.5 Å². The van der Waals surface area contributed by atoms with E-state index in [-0.39, 0.29) is 11.9 Å². The van der Waals surface area contributed by atoms with Crippen LogP contribution in [-0.4, -0.2) is 20.9 Å². The lowest BCUT2D eigenvalue weighted by atomic mass is 10.0. The number of rotatable bonds is 1. The van der Waals surface area contributed by atoms with E-state index in [0.29, 0.717) is 23.7 Å². The zero-order chi connectivity index (χ0) is 19.0. The average molecular weight is 362 g/mol. The van der Waals surface area contributed by atoms with E-state index in [9.17, 15) is 4.39 Å². The van der Waals surface area contributed by atoms with Crippen LogP contribution in [0.15, 0.2) is 36.5 Å². The van der Waals surface area contributed by atoms with Gasteiger partial charge >= 0.3 is 0 Å². The van der Waals surface area contributed by atoms with Gasteiger partial charge in [-0.05, 0) is 55.7 Å². The molecule has 0 aliphatic carbocycles. The van der Waals surface area contributed by atoms with Gasteiger partial charge in [0.25, 0.3) is 0 Å². The number of benzene rings is 1. The second-order valence-electron chi connectivity index (χ2n) is 6.67. The minimum Gasteiger partial charge on any atom is -0.384 e. The molecule has 1 aromatic carbocycles. The van der Waals surface area contributed by atoms with E-state index in [4.69, 9.17) is 15.6 Å². The summed E-state index contributed by atoms with van der Waals surface area (Å²) in [5, 5.41) is 4.70. The minimum atomic E-state index is -0.229. The molecule has 1 aliphatic heterocycles. The van der Waals surface area contributed by atoms with Crippen LogP contribution >= 0.6 is 0 Å². The van der Waals surface area contributed by atoms with E-state index in [1.165, 1.54) is 6.07 Å². The van der Waals surface area contributed by atoms with Crippen molar-refractivity contribution in [2.24, 2.45) is 0 Å². The summed E-state index contributed by atoms with van der Waals surface area (Å²) in [6, 6.07) is 8.53. The van der Waals surface area contributed by atoms with Gasteiger partial charge in [-0.2, -0.15) is 5.10 Å². The Morgan fingerprint density at radius 1 is 1.26 bits per heavy atom. The molecule has 1 atom stereocenters. The highest BCUT2D eigenvalue weighted by Gasteiger charge is 2.25. The Morgan fingerprint density at radius 2 is 2.11 bits per heavy atom. The Hall–Kier alpha value is -3.17. The van der Waals surface area contributed by atoms with Gasteiger partial charge in [0.15, 0.2) is 0 Å². The fraction of sp³-hybridized carbons (Fsp3) is 0.238. The van der Waals surface area contributed by atoms with E-state index < -0.39 is 0 Å². The molecular weight excluding hydrogens is 343 g/mol. The molecule has 5 nitrogen and oxygen atoms in total. The maximum Gasteiger partial charge on any atom is 0.141 e. The monoisotopic (exact) mass is 362 g/mol. The Bertz CT molecular complexity index is 1060. The number of pyridine rings is 1. The number of hydrogen-bond donors (Lipinski definition) is 1. The summed E-state index contributed by atoms with van der Waals surface area (Å²) in [4.78, 5) is 4.05. The van der Waals surface area contributed by atoms with Crippen LogP contribution in [0.25, 0.3) is 5.69 Å². The van der Waals surface area contributed by atoms with Crippen molar-refractivity contribution in [2.75, 3.05) is 5.73 Å². The summed E-state index contributed by atoms with van der Waals surface area (Å²) in [7, 11) is 0. The molecule has 0 amide bonds. The second-order valence-corrected chi connectivity index (χ2v) is 6.67. The lowest BCUT2D eigenvalue weighted by molar-refractivity contribution is 0.0397. The first-order valence-corrected chi connectivity index (χ1v) is 8.73. The van der Waals surface area contributed by atoms with E-state index in [1.54, 1.807) is 31.3 Å². The Morgan fingerprint density at radius 3 is 2.85 bits per heavy atom. The molecule has 2 aromatic heterocycles. The van der Waals surface area contributed by atoms with Crippen molar-refractivity contribution < 1.29 is 9.13 Å². The van der Waals surface area contributed by atoms with Crippen LogP contribution in [0, 0.1) is 24.6 Å². The van der Waals surface area contributed by atoms with Crippen LogP contribution in [-0.2, 0) is 17.8 Å². The molecule has 6 heteroatoms. The first-order chi connectivity index (χ1) is 13.0. The van der Waals surface area contributed by atoms with Crippen LogP contribution in [0.2, 0.25) is 0 Å². The third-order valence-corrected chi connectivity index (χ3v) is 4.58. The molecule has 2 N–H and O–H groups in total. The molecule has 0 saturated heterocycles. The fourth-order valence-electron chi connectivity index (χ4n) is 3.09. The number of halogens is 1. The number of nitrogen functional groups attached to an aromatic ring is 1. The average Bonchev–Trinajstić information content (AvgIpc) is 3.01. The highest BCUT2D eigenvalue weighted by molar-refractivity contribution is 5.48. The Labute approximate surface area is 157 Å². The van der Waals surface area contributed by atoms with E-state index in [0.717, 1.165) is 28.9 Å². The van der Waals surface area contributed by atoms with Gasteiger partial charge in [-0.1, -0.05) is 5.92 Å². The molecule has 1 unspecified atom stereocenters. The summed E-state index contributed by atoms with van der Waals surface area (Å²) < 4.78 is 21.3. The van der Waals surface area contributed by atoms with E-state index in [2.05, 4.69) is 16.8 Å². The van der Waals surface area contributed by atoms with Crippen molar-refractivity contribution >= 4 is 5.82 Å². The number of ether oxygens (including phenoxy) is 1. The largest absolute Gasteiger partial charge is 0.384 e. The molecule has 27 heavy (non-hydrogen) atoms. The van der Waals surface area contributed by atoms with Gasteiger partial charge in [-0.15, -0.1) is 0 Å². The number of nitrogens with two attached hydrogens (primary N) is 1. The van der Waals surface area contributed by atoms with E-state index >= 15 is 0 Å². The van der Waals surface area contributed by atoms with Crippen molar-refractivity contribution in [3.63, 3.8) is 0 Å². The lowest BCUT2D eigenvalue weighted by Crippen LogP contribution is -2.21. The maximum atomic E-state index is 13.7. The van der Waals surface area contributed by atoms with Crippen LogP contribution in [0.3, 0.4) is 0 Å². The van der Waals surface area contributed by atoms with Gasteiger partial charge in [0.2, 0.25) is 0 Å². The number of nitrogens with zero attached hydrogens (tertiary/aromatic N) is 3. The number of hydrogen-bond acceptors (Lipinski definition) is 4. The van der Waals surface area contributed by atoms with Crippen molar-refractivity contribution in [3.05, 3.63) is 70.4 Å². The molecule has 3 aromatic rings. The van der Waals surface area contributed by atoms with Crippen molar-refractivity contribution in [1.82, 2.24) is 14.8 Å². The smallest absolute Gasteiger partial charge is 0.141 e. The summed E-state index contributed by atoms with van der Waals surface area (Å²) in [6.07, 6.45) is 2.45. The molecule has 0 spiro atoms. The SMILES string of the molecule is Cc1cc(-n2nc(C#Cc3ccc(N)nc3)c3c2CC(C)OC3)ccc1F. The van der Waals surface area contributed by atoms with Gasteiger partial charge in [-0.25, -0.2) is 14.1 Å². The van der Waals surface area contributed by atoms with Crippen LogP contribution in [0.1, 0.15) is 35.0 Å². The fourth-order valence-corrected chi connectivity index (χ4v) is 3.09. The van der Waals surface area contributed by atoms with Gasteiger partial charge in [-0.3, -0.25) is 0 Å². The van der Waals surface area contributed by atoms with Gasteiger partial charge in [0.05, 0.1) is 24.1 Å². The molecule has 136 valence electrons. The van der Waals surface area contributed by atoms with Crippen molar-refractivity contribution in [3.8, 4) is 17.5 Å². The predicted octanol–water partition coefficient (Wildman–Crippen LogP) is 3.16. The standard InChI is InChI=1S/C21H19FN4O/c1-13-9-16(5-6-18(13)22)26-20-10-14(2)27-12-17(20)19(25-26)7-3-15-4-8-21(23)24-11-15/h4-6,8-9,11,14H,10,12H2,1-2H3,(H2,23,24). The first-order valence-electron chi connectivity index (χ1n) is 8.73. The number of aryl methyl sites for hydroxylation is 1. The topological polar surface area (TPSA) is 66.0 Å². The third kappa shape index (κ3) is 3.42. The zero-order valence-corrected chi connectivity index (χ0v) is 15.2. The molecule has 0 radical (unpaired) electrons. The van der Waals surface area contributed by atoms with Crippen LogP contribution < -0.4 is 5.73 Å². The minimum absolute atomic E-state index is 0.0941. The molecule has 1 aliphatic rings. The lowest BCUT2D eigenvalue weighted by Gasteiger charge is -2.21. The van der Waals surface area contributed by atoms with Crippen molar-refractivity contribution in [2.45, 2.75) is 33.0 Å². The quantitative estimate of drug-likeness (QED) is 0.676. The highest BCUT2D eigenvalue weighted by atomic mass is 19.1. The Balaban J connectivity index is 1.79. The summed E-state index contributed by atoms with van der Waals surface area (Å²) in [6.45, 7) is 4.23. The third-order valence-electron chi connectivity index (χ3n) is 4.58. The molecule has 0 bridgehead atoms. The van der Waals surface area contributed by atoms with Crippen molar-refractivity contribution in [1.29, 1.82) is 0 Å². The first kappa shape index (κ1) is 17.3. The van der Waals surface area contributed by atoms with Gasteiger partial charge in [0, 0.05) is 23.7 Å². The molecule has 3 heterocycles. The van der Waals surface area contributed by atoms with Crippen LogP contribution in [0.5, 0.6) is 0 Å². The number of anilines is 1. The predicted molar refractivity (Wildman–Crippen MR) is 101 cm³/mol. The number of aromatic nitrogens is 3. The Kier molecular flexibility index (Phi) is 4.38. The normalized spacial score (nSPS) is 15.7. The zero-order valence-electron chi connectivity index (χ0n) is 15.2. The van der Waals surface area contributed by atoms with Crippen LogP contribution in [0.4, 0.5) is 10.2 Å². The summed E-state index contributed by atoms with van der Waals surface area (Å²) >= 11 is 0. The maximum absolute atomic E-state index is 13.7. The number of fused-ring (bicyclic) bond motifs is 1. The summed E-state index contributed by atoms with van der Waals surface area (Å²) in [5.41, 5.74) is 10.5. The highest BCUT2D eigenvalue weighted by Crippen LogP contribution is 2.27. The molecule has 0 saturated carbocycles. The molecule has 0 fully saturated rings. The van der Waals surface area contributed by atoms with Gasteiger partial charge in [0.1, 0.15) is 17.3 Å². The molecular formula is C21H19FN4O. The van der Waals surface area contributed by atoms with E-state index in [1.807, 2.05) is 17.7 Å². The second kappa shape index (κ2) is 6.86.